The van der Waals surface area contributed by atoms with Gasteiger partial charge in [-0.05, 0) is 45.7 Å². The molecular weight excluding hydrogens is 441 g/mol. The number of amides is 2. The maximum atomic E-state index is 15.0. The van der Waals surface area contributed by atoms with Gasteiger partial charge in [-0.15, -0.1) is 0 Å². The molecule has 1 aliphatic rings. The van der Waals surface area contributed by atoms with Crippen molar-refractivity contribution in [1.29, 1.82) is 0 Å². The van der Waals surface area contributed by atoms with Crippen LogP contribution in [-0.2, 0) is 15.3 Å². The number of halogens is 4. The molecule has 28 heavy (non-hydrogen) atoms. The van der Waals surface area contributed by atoms with Crippen LogP contribution in [-0.4, -0.2) is 42.0 Å². The molecule has 1 aromatic rings. The van der Waals surface area contributed by atoms with E-state index in [1.54, 1.807) is 20.8 Å². The van der Waals surface area contributed by atoms with E-state index in [4.69, 9.17) is 4.74 Å². The molecule has 1 aromatic carbocycles. The van der Waals surface area contributed by atoms with Crippen LogP contribution in [0, 0.1) is 5.92 Å². The Morgan fingerprint density at radius 3 is 2.18 bits per heavy atom. The highest BCUT2D eigenvalue weighted by atomic mass is 79.9. The summed E-state index contributed by atoms with van der Waals surface area (Å²) in [6.45, 7) is 5.72. The topological polar surface area (TPSA) is 58.6 Å². The van der Waals surface area contributed by atoms with Gasteiger partial charge >= 0.3 is 6.09 Å². The largest absolute Gasteiger partial charge is 0.444 e. The van der Waals surface area contributed by atoms with Crippen molar-refractivity contribution in [2.45, 2.75) is 51.4 Å². The fraction of sp³-hybridized carbons (Fsp3) is 0.579. The molecule has 0 spiro atoms. The molecule has 1 N–H and O–H groups in total. The summed E-state index contributed by atoms with van der Waals surface area (Å²) < 4.78 is 47.8. The number of benzene rings is 1. The fourth-order valence-electron chi connectivity index (χ4n) is 2.88. The van der Waals surface area contributed by atoms with Crippen LogP contribution in [0.25, 0.3) is 0 Å². The van der Waals surface area contributed by atoms with Crippen molar-refractivity contribution in [3.05, 3.63) is 34.3 Å². The van der Waals surface area contributed by atoms with Crippen LogP contribution in [0.4, 0.5) is 18.0 Å². The van der Waals surface area contributed by atoms with Gasteiger partial charge in [-0.3, -0.25) is 4.79 Å². The van der Waals surface area contributed by atoms with Gasteiger partial charge in [0.2, 0.25) is 5.91 Å². The molecule has 1 atom stereocenters. The van der Waals surface area contributed by atoms with Gasteiger partial charge in [-0.2, -0.15) is 0 Å². The number of piperidine rings is 1. The molecule has 1 unspecified atom stereocenters. The summed E-state index contributed by atoms with van der Waals surface area (Å²) in [5.41, 5.74) is -0.966. The smallest absolute Gasteiger partial charge is 0.410 e. The first kappa shape index (κ1) is 22.5. The molecule has 2 rings (SSSR count). The second kappa shape index (κ2) is 8.71. The summed E-state index contributed by atoms with van der Waals surface area (Å²) in [7, 11) is 0. The number of hydrogen-bond donors (Lipinski definition) is 1. The number of alkyl halides is 3. The molecule has 1 saturated heterocycles. The summed E-state index contributed by atoms with van der Waals surface area (Å²) in [4.78, 5) is 26.0. The van der Waals surface area contributed by atoms with E-state index in [1.165, 1.54) is 29.2 Å². The molecule has 5 nitrogen and oxygen atoms in total. The monoisotopic (exact) mass is 464 g/mol. The quantitative estimate of drug-likeness (QED) is 0.662. The third-order valence-electron chi connectivity index (χ3n) is 4.39. The zero-order valence-corrected chi connectivity index (χ0v) is 17.6. The average Bonchev–Trinajstić information content (AvgIpc) is 2.60. The molecule has 9 heteroatoms. The van der Waals surface area contributed by atoms with Crippen LogP contribution in [0.5, 0.6) is 0 Å². The minimum atomic E-state index is -3.43. The van der Waals surface area contributed by atoms with Crippen molar-refractivity contribution in [2.24, 2.45) is 5.92 Å². The maximum Gasteiger partial charge on any atom is 0.410 e. The first-order valence-electron chi connectivity index (χ1n) is 8.95. The van der Waals surface area contributed by atoms with Gasteiger partial charge in [0.15, 0.2) is 0 Å². The Kier molecular flexibility index (Phi) is 7.01. The van der Waals surface area contributed by atoms with E-state index in [-0.39, 0.29) is 31.5 Å². The lowest BCUT2D eigenvalue weighted by molar-refractivity contribution is -0.139. The number of carbonyl (C=O) groups is 2. The van der Waals surface area contributed by atoms with Crippen molar-refractivity contribution in [3.8, 4) is 0 Å². The summed E-state index contributed by atoms with van der Waals surface area (Å²) in [5.74, 6) is -4.74. The van der Waals surface area contributed by atoms with Crippen molar-refractivity contribution in [3.63, 3.8) is 0 Å². The van der Waals surface area contributed by atoms with Crippen LogP contribution in [0.3, 0.4) is 0 Å². The van der Waals surface area contributed by atoms with Crippen LogP contribution in [0.1, 0.15) is 39.2 Å². The van der Waals surface area contributed by atoms with E-state index in [9.17, 15) is 22.8 Å². The molecule has 2 amide bonds. The molecule has 0 aromatic heterocycles. The molecule has 1 aliphatic heterocycles. The lowest BCUT2D eigenvalue weighted by atomic mass is 9.94. The third kappa shape index (κ3) is 5.62. The summed E-state index contributed by atoms with van der Waals surface area (Å²) in [5, 5.41) is 1.88. The number of nitrogens with one attached hydrogen (secondary N) is 1. The highest BCUT2D eigenvalue weighted by Gasteiger charge is 2.45. The Balaban J connectivity index is 2.00. The highest BCUT2D eigenvalue weighted by Crippen LogP contribution is 2.32. The van der Waals surface area contributed by atoms with Gasteiger partial charge in [-0.25, -0.2) is 18.0 Å². The SMILES string of the molecule is CC(C)(C)OC(=O)N1CCC(C(=O)NC(F)(c2ccc(Br)cc2)C(F)F)CC1. The molecule has 1 fully saturated rings. The molecular formula is C19H24BrF3N2O3. The lowest BCUT2D eigenvalue weighted by Gasteiger charge is -2.34. The van der Waals surface area contributed by atoms with Crippen LogP contribution in [0.15, 0.2) is 28.7 Å². The second-order valence-corrected chi connectivity index (χ2v) is 8.67. The normalized spacial score (nSPS) is 17.9. The summed E-state index contributed by atoms with van der Waals surface area (Å²) in [6.07, 6.45) is -3.44. The van der Waals surface area contributed by atoms with Crippen molar-refractivity contribution < 1.29 is 27.5 Å². The number of likely N-dealkylation sites (tertiary alicyclic amines) is 1. The van der Waals surface area contributed by atoms with Crippen molar-refractivity contribution in [2.75, 3.05) is 13.1 Å². The van der Waals surface area contributed by atoms with E-state index in [0.717, 1.165) is 0 Å². The number of nitrogens with zero attached hydrogens (tertiary/aromatic N) is 1. The fourth-order valence-corrected chi connectivity index (χ4v) is 3.14. The van der Waals surface area contributed by atoms with Crippen LogP contribution >= 0.6 is 15.9 Å². The standard InChI is InChI=1S/C19H24BrF3N2O3/c1-18(2,3)28-17(27)25-10-8-12(9-11-25)15(26)24-19(23,16(21)22)13-4-6-14(20)7-5-13/h4-7,12,16H,8-11H2,1-3H3,(H,24,26). The summed E-state index contributed by atoms with van der Waals surface area (Å²) in [6, 6.07) is 5.25. The first-order valence-corrected chi connectivity index (χ1v) is 9.75. The minimum Gasteiger partial charge on any atom is -0.444 e. The second-order valence-electron chi connectivity index (χ2n) is 7.75. The number of carbonyl (C=O) groups excluding carboxylic acids is 2. The first-order chi connectivity index (χ1) is 12.9. The zero-order chi connectivity index (χ0) is 21.1. The van der Waals surface area contributed by atoms with Crippen molar-refractivity contribution >= 4 is 27.9 Å². The number of ether oxygens (including phenoxy) is 1. The van der Waals surface area contributed by atoms with Gasteiger partial charge in [-0.1, -0.05) is 28.1 Å². The molecule has 156 valence electrons. The molecule has 0 bridgehead atoms. The van der Waals surface area contributed by atoms with Crippen LogP contribution in [0.2, 0.25) is 0 Å². The van der Waals surface area contributed by atoms with E-state index in [0.29, 0.717) is 4.47 Å². The Labute approximate surface area is 170 Å². The van der Waals surface area contributed by atoms with Gasteiger partial charge in [0, 0.05) is 29.0 Å². The van der Waals surface area contributed by atoms with E-state index in [1.807, 2.05) is 5.32 Å². The Morgan fingerprint density at radius 1 is 1.18 bits per heavy atom. The molecule has 0 radical (unpaired) electrons. The Bertz CT molecular complexity index is 701. The van der Waals surface area contributed by atoms with Crippen LogP contribution < -0.4 is 5.32 Å². The predicted octanol–water partition coefficient (Wildman–Crippen LogP) is 4.60. The van der Waals surface area contributed by atoms with Gasteiger partial charge in [0.25, 0.3) is 12.2 Å². The van der Waals surface area contributed by atoms with Gasteiger partial charge in [0.1, 0.15) is 5.60 Å². The third-order valence-corrected chi connectivity index (χ3v) is 4.92. The van der Waals surface area contributed by atoms with Gasteiger partial charge in [0.05, 0.1) is 0 Å². The van der Waals surface area contributed by atoms with Crippen molar-refractivity contribution in [1.82, 2.24) is 10.2 Å². The van der Waals surface area contributed by atoms with E-state index in [2.05, 4.69) is 15.9 Å². The molecule has 1 heterocycles. The molecule has 0 saturated carbocycles. The molecule has 0 aliphatic carbocycles. The number of rotatable bonds is 4. The number of hydrogen-bond acceptors (Lipinski definition) is 3. The lowest BCUT2D eigenvalue weighted by Crippen LogP contribution is -2.52. The Hall–Kier alpha value is -1.77. The maximum absolute atomic E-state index is 15.0. The Morgan fingerprint density at radius 2 is 1.71 bits per heavy atom. The minimum absolute atomic E-state index is 0.235. The summed E-state index contributed by atoms with van der Waals surface area (Å²) >= 11 is 3.16. The average molecular weight is 465 g/mol. The van der Waals surface area contributed by atoms with Gasteiger partial charge < -0.3 is 15.0 Å². The van der Waals surface area contributed by atoms with E-state index >= 15 is 0 Å². The highest BCUT2D eigenvalue weighted by molar-refractivity contribution is 9.10. The van der Waals surface area contributed by atoms with E-state index < -0.39 is 35.7 Å². The predicted molar refractivity (Wildman–Crippen MR) is 102 cm³/mol. The zero-order valence-electron chi connectivity index (χ0n) is 16.0.